The van der Waals surface area contributed by atoms with Crippen LogP contribution in [0.5, 0.6) is 0 Å². The van der Waals surface area contributed by atoms with E-state index in [1.165, 1.54) is 0 Å². The molecule has 1 atom stereocenters. The molecule has 1 spiro atoms. The van der Waals surface area contributed by atoms with Gasteiger partial charge < -0.3 is 15.0 Å². The molecule has 1 amide bonds. The first kappa shape index (κ1) is 16.9. The van der Waals surface area contributed by atoms with E-state index >= 15 is 0 Å². The quantitative estimate of drug-likeness (QED) is 0.911. The van der Waals surface area contributed by atoms with Gasteiger partial charge in [-0.1, -0.05) is 0 Å². The number of carbonyl (C=O) groups is 1. The lowest BCUT2D eigenvalue weighted by molar-refractivity contribution is -0.110. The van der Waals surface area contributed by atoms with E-state index in [-0.39, 0.29) is 11.5 Å². The highest BCUT2D eigenvalue weighted by Crippen LogP contribution is 2.36. The third kappa shape index (κ3) is 3.67. The van der Waals surface area contributed by atoms with E-state index in [0.717, 1.165) is 45.4 Å². The lowest BCUT2D eigenvalue weighted by Crippen LogP contribution is -2.52. The molecular weight excluding hydrogens is 330 g/mol. The number of likely N-dealkylation sites (tertiary alicyclic amines) is 1. The minimum absolute atomic E-state index is 0.0745. The number of nitrogens with zero attached hydrogens (tertiary/aromatic N) is 4. The number of piperidine rings is 1. The zero-order chi connectivity index (χ0) is 17.8. The molecule has 4 rings (SSSR count). The largest absolute Gasteiger partial charge is 0.375 e. The van der Waals surface area contributed by atoms with Crippen molar-refractivity contribution < 1.29 is 9.53 Å². The number of pyridine rings is 1. The van der Waals surface area contributed by atoms with Crippen LogP contribution in [0.25, 0.3) is 0 Å². The molecule has 2 fully saturated rings. The fraction of sp³-hybridized carbons (Fsp3) is 0.474. The maximum Gasteiger partial charge on any atom is 0.253 e. The highest BCUT2D eigenvalue weighted by Gasteiger charge is 2.41. The summed E-state index contributed by atoms with van der Waals surface area (Å²) in [6.45, 7) is 2.16. The third-order valence-electron chi connectivity index (χ3n) is 5.28. The van der Waals surface area contributed by atoms with Crippen molar-refractivity contribution in [2.45, 2.75) is 37.3 Å². The fourth-order valence-electron chi connectivity index (χ4n) is 3.85. The summed E-state index contributed by atoms with van der Waals surface area (Å²) < 4.78 is 6.18. The molecule has 4 heterocycles. The van der Waals surface area contributed by atoms with Gasteiger partial charge in [0.25, 0.3) is 5.91 Å². The molecule has 0 aromatic carbocycles. The maximum absolute atomic E-state index is 12.6. The van der Waals surface area contributed by atoms with Crippen molar-refractivity contribution in [3.63, 3.8) is 0 Å². The SMILES string of the molecule is O=C(c1ccncc1)N1CCC2(CC1)C[C@H](Nc1ncccn1)CCO2. The summed E-state index contributed by atoms with van der Waals surface area (Å²) in [6.07, 6.45) is 10.4. The second-order valence-corrected chi connectivity index (χ2v) is 6.97. The fourth-order valence-corrected chi connectivity index (χ4v) is 3.85. The molecule has 2 aliphatic heterocycles. The Balaban J connectivity index is 1.36. The molecule has 0 bridgehead atoms. The normalized spacial score (nSPS) is 22.2. The van der Waals surface area contributed by atoms with Gasteiger partial charge in [-0.2, -0.15) is 0 Å². The zero-order valence-corrected chi connectivity index (χ0v) is 14.7. The van der Waals surface area contributed by atoms with Gasteiger partial charge in [0, 0.05) is 56.1 Å². The molecule has 2 aromatic heterocycles. The summed E-state index contributed by atoms with van der Waals surface area (Å²) in [5, 5.41) is 3.42. The van der Waals surface area contributed by atoms with Crippen LogP contribution in [0.4, 0.5) is 5.95 Å². The molecule has 0 unspecified atom stereocenters. The zero-order valence-electron chi connectivity index (χ0n) is 14.7. The predicted molar refractivity (Wildman–Crippen MR) is 96.7 cm³/mol. The number of hydrogen-bond acceptors (Lipinski definition) is 6. The molecule has 2 aromatic rings. The van der Waals surface area contributed by atoms with Crippen LogP contribution in [-0.4, -0.2) is 57.1 Å². The first-order chi connectivity index (χ1) is 12.7. The van der Waals surface area contributed by atoms with Crippen LogP contribution in [-0.2, 0) is 4.74 Å². The molecular formula is C19H23N5O2. The van der Waals surface area contributed by atoms with Gasteiger partial charge in [-0.15, -0.1) is 0 Å². The van der Waals surface area contributed by atoms with Gasteiger partial charge in [-0.3, -0.25) is 9.78 Å². The Bertz CT molecular complexity index is 732. The molecule has 7 nitrogen and oxygen atoms in total. The number of carbonyl (C=O) groups excluding carboxylic acids is 1. The summed E-state index contributed by atoms with van der Waals surface area (Å²) in [5.41, 5.74) is 0.543. The van der Waals surface area contributed by atoms with Crippen LogP contribution in [0.2, 0.25) is 0 Å². The van der Waals surface area contributed by atoms with Crippen LogP contribution >= 0.6 is 0 Å². The van der Waals surface area contributed by atoms with Gasteiger partial charge >= 0.3 is 0 Å². The molecule has 136 valence electrons. The van der Waals surface area contributed by atoms with E-state index in [4.69, 9.17) is 4.74 Å². The number of nitrogens with one attached hydrogen (secondary N) is 1. The van der Waals surface area contributed by atoms with Crippen LogP contribution in [0.3, 0.4) is 0 Å². The predicted octanol–water partition coefficient (Wildman–Crippen LogP) is 2.14. The van der Waals surface area contributed by atoms with E-state index in [9.17, 15) is 4.79 Å². The molecule has 0 saturated carbocycles. The van der Waals surface area contributed by atoms with Crippen molar-refractivity contribution in [2.75, 3.05) is 25.0 Å². The second-order valence-electron chi connectivity index (χ2n) is 6.97. The van der Waals surface area contributed by atoms with Gasteiger partial charge in [-0.05, 0) is 43.9 Å². The molecule has 2 saturated heterocycles. The van der Waals surface area contributed by atoms with E-state index in [2.05, 4.69) is 20.3 Å². The highest BCUT2D eigenvalue weighted by atomic mass is 16.5. The molecule has 1 N–H and O–H groups in total. The van der Waals surface area contributed by atoms with Crippen molar-refractivity contribution >= 4 is 11.9 Å². The van der Waals surface area contributed by atoms with Crippen molar-refractivity contribution in [3.8, 4) is 0 Å². The minimum Gasteiger partial charge on any atom is -0.375 e. The first-order valence-corrected chi connectivity index (χ1v) is 9.11. The maximum atomic E-state index is 12.6. The molecule has 7 heteroatoms. The Morgan fingerprint density at radius 3 is 2.62 bits per heavy atom. The Morgan fingerprint density at radius 2 is 1.88 bits per heavy atom. The number of aromatic nitrogens is 3. The Morgan fingerprint density at radius 1 is 1.15 bits per heavy atom. The number of amides is 1. The van der Waals surface area contributed by atoms with Gasteiger partial charge in [-0.25, -0.2) is 9.97 Å². The molecule has 26 heavy (non-hydrogen) atoms. The van der Waals surface area contributed by atoms with E-state index in [1.807, 2.05) is 11.0 Å². The van der Waals surface area contributed by atoms with Crippen molar-refractivity contribution in [2.24, 2.45) is 0 Å². The summed E-state index contributed by atoms with van der Waals surface area (Å²) in [5.74, 6) is 0.741. The lowest BCUT2D eigenvalue weighted by atomic mass is 9.82. The van der Waals surface area contributed by atoms with E-state index < -0.39 is 0 Å². The Hall–Kier alpha value is -2.54. The van der Waals surface area contributed by atoms with Gasteiger partial charge in [0.05, 0.1) is 5.60 Å². The van der Waals surface area contributed by atoms with Gasteiger partial charge in [0.2, 0.25) is 5.95 Å². The number of rotatable bonds is 3. The van der Waals surface area contributed by atoms with Gasteiger partial charge in [0.1, 0.15) is 0 Å². The number of anilines is 1. The summed E-state index contributed by atoms with van der Waals surface area (Å²) in [6, 6.07) is 5.65. The van der Waals surface area contributed by atoms with Crippen molar-refractivity contribution in [1.82, 2.24) is 19.9 Å². The van der Waals surface area contributed by atoms with E-state index in [0.29, 0.717) is 17.6 Å². The molecule has 2 aliphatic rings. The monoisotopic (exact) mass is 353 g/mol. The second kappa shape index (κ2) is 7.37. The smallest absolute Gasteiger partial charge is 0.253 e. The summed E-state index contributed by atoms with van der Waals surface area (Å²) in [4.78, 5) is 27.0. The average molecular weight is 353 g/mol. The van der Waals surface area contributed by atoms with Crippen LogP contribution in [0.15, 0.2) is 43.0 Å². The van der Waals surface area contributed by atoms with E-state index in [1.54, 1.807) is 36.9 Å². The summed E-state index contributed by atoms with van der Waals surface area (Å²) in [7, 11) is 0. The minimum atomic E-state index is -0.153. The first-order valence-electron chi connectivity index (χ1n) is 9.11. The third-order valence-corrected chi connectivity index (χ3v) is 5.28. The highest BCUT2D eigenvalue weighted by molar-refractivity contribution is 5.94. The van der Waals surface area contributed by atoms with Crippen LogP contribution < -0.4 is 5.32 Å². The number of ether oxygens (including phenoxy) is 1. The lowest BCUT2D eigenvalue weighted by Gasteiger charge is -2.46. The Kier molecular flexibility index (Phi) is 4.79. The number of hydrogen-bond donors (Lipinski definition) is 1. The van der Waals surface area contributed by atoms with Crippen LogP contribution in [0, 0.1) is 0 Å². The average Bonchev–Trinajstić information content (AvgIpc) is 2.70. The van der Waals surface area contributed by atoms with Gasteiger partial charge in [0.15, 0.2) is 0 Å². The topological polar surface area (TPSA) is 80.2 Å². The van der Waals surface area contributed by atoms with Crippen LogP contribution in [0.1, 0.15) is 36.0 Å². The molecule has 0 radical (unpaired) electrons. The van der Waals surface area contributed by atoms with Crippen molar-refractivity contribution in [1.29, 1.82) is 0 Å². The standard InChI is InChI=1S/C19H23N5O2/c25-17(15-2-9-20-10-3-15)24-11-5-19(6-12-24)14-16(4-13-26-19)23-18-21-7-1-8-22-18/h1-3,7-10,16H,4-6,11-14H2,(H,21,22,23)/t16-/m1/s1. The van der Waals surface area contributed by atoms with Crippen molar-refractivity contribution in [3.05, 3.63) is 48.5 Å². The molecule has 0 aliphatic carbocycles. The Labute approximate surface area is 152 Å². The summed E-state index contributed by atoms with van der Waals surface area (Å²) >= 11 is 0.